The number of hydrogen-bond donors (Lipinski definition) is 3. The highest BCUT2D eigenvalue weighted by Gasteiger charge is 2.22. The number of carbonyl (C=O) groups is 2. The Balaban J connectivity index is 1.74. The molecule has 3 N–H and O–H groups in total. The number of nitrogens with zero attached hydrogens (tertiary/aromatic N) is 1. The van der Waals surface area contributed by atoms with E-state index in [-0.39, 0.29) is 5.91 Å². The van der Waals surface area contributed by atoms with Crippen molar-refractivity contribution >= 4 is 23.7 Å². The molecule has 0 aliphatic rings. The molecule has 2 aromatic heterocycles. The second-order valence-corrected chi connectivity index (χ2v) is 5.16. The summed E-state index contributed by atoms with van der Waals surface area (Å²) in [6.45, 7) is 0. The molecule has 3 aromatic rings. The third kappa shape index (κ3) is 4.44. The highest BCUT2D eigenvalue weighted by atomic mass is 16.3. The summed E-state index contributed by atoms with van der Waals surface area (Å²) in [5.74, 6) is 0.208. The molecule has 0 aliphatic heterocycles. The average molecular weight is 336 g/mol. The fourth-order valence-corrected chi connectivity index (χ4v) is 2.21. The van der Waals surface area contributed by atoms with Gasteiger partial charge in [-0.3, -0.25) is 14.7 Å². The molecule has 1 aromatic carbocycles. The molecule has 0 fully saturated rings. The monoisotopic (exact) mass is 336 g/mol. The van der Waals surface area contributed by atoms with Crippen LogP contribution in [-0.4, -0.2) is 22.0 Å². The number of hydrogen-bond acceptors (Lipinski definition) is 4. The lowest BCUT2D eigenvalue weighted by molar-refractivity contribution is -0.124. The van der Waals surface area contributed by atoms with Gasteiger partial charge in [-0.05, 0) is 23.8 Å². The van der Waals surface area contributed by atoms with Gasteiger partial charge in [0.2, 0.25) is 5.91 Å². The normalized spacial score (nSPS) is 12.0. The largest absolute Gasteiger partial charge is 0.465 e. The highest BCUT2D eigenvalue weighted by Crippen LogP contribution is 2.15. The van der Waals surface area contributed by atoms with E-state index in [1.807, 2.05) is 6.07 Å². The smallest absolute Gasteiger partial charge is 0.252 e. The van der Waals surface area contributed by atoms with E-state index in [2.05, 4.69) is 20.8 Å². The zero-order chi connectivity index (χ0) is 17.5. The zero-order valence-electron chi connectivity index (χ0n) is 13.2. The maximum Gasteiger partial charge on any atom is 0.252 e. The number of amides is 2. The number of rotatable bonds is 6. The van der Waals surface area contributed by atoms with Gasteiger partial charge in [0.1, 0.15) is 17.6 Å². The van der Waals surface area contributed by atoms with Gasteiger partial charge in [-0.15, -0.1) is 0 Å². The second kappa shape index (κ2) is 7.78. The molecule has 0 aliphatic carbocycles. The molecule has 0 bridgehead atoms. The summed E-state index contributed by atoms with van der Waals surface area (Å²) in [5, 5.41) is 11.8. The van der Waals surface area contributed by atoms with Crippen LogP contribution in [0, 0.1) is 0 Å². The van der Waals surface area contributed by atoms with Crippen LogP contribution in [0.1, 0.15) is 17.4 Å². The highest BCUT2D eigenvalue weighted by molar-refractivity contribution is 6.00. The van der Waals surface area contributed by atoms with Crippen LogP contribution < -0.4 is 10.6 Å². The Morgan fingerprint density at radius 1 is 1.12 bits per heavy atom. The molecule has 3 rings (SSSR count). The lowest BCUT2D eigenvalue weighted by Gasteiger charge is -2.17. The lowest BCUT2D eigenvalue weighted by atomic mass is 10.1. The van der Waals surface area contributed by atoms with E-state index in [1.165, 1.54) is 24.6 Å². The second-order valence-electron chi connectivity index (χ2n) is 5.16. The molecule has 7 heteroatoms. The number of aromatic nitrogens is 2. The Morgan fingerprint density at radius 2 is 1.96 bits per heavy atom. The van der Waals surface area contributed by atoms with Crippen molar-refractivity contribution in [3.8, 4) is 0 Å². The van der Waals surface area contributed by atoms with Crippen LogP contribution in [0.4, 0.5) is 5.82 Å². The number of nitrogens with one attached hydrogen (secondary N) is 3. The fraction of sp³-hybridized carbons (Fsp3) is 0.0556. The summed E-state index contributed by atoms with van der Waals surface area (Å²) in [6.07, 6.45) is 5.89. The Morgan fingerprint density at radius 3 is 2.64 bits per heavy atom. The third-order valence-electron chi connectivity index (χ3n) is 3.38. The average Bonchev–Trinajstić information content (AvgIpc) is 3.32. The summed E-state index contributed by atoms with van der Waals surface area (Å²) >= 11 is 0. The van der Waals surface area contributed by atoms with Crippen LogP contribution in [-0.2, 0) is 9.59 Å². The minimum absolute atomic E-state index is 0.379. The molecule has 25 heavy (non-hydrogen) atoms. The van der Waals surface area contributed by atoms with Crippen molar-refractivity contribution < 1.29 is 14.0 Å². The van der Waals surface area contributed by atoms with Gasteiger partial charge in [0, 0.05) is 12.1 Å². The van der Waals surface area contributed by atoms with Crippen molar-refractivity contribution in [1.82, 2.24) is 15.5 Å². The van der Waals surface area contributed by atoms with Gasteiger partial charge >= 0.3 is 0 Å². The van der Waals surface area contributed by atoms with Crippen molar-refractivity contribution in [3.05, 3.63) is 78.4 Å². The number of aromatic amines is 1. The van der Waals surface area contributed by atoms with Crippen LogP contribution in [0.15, 0.2) is 71.5 Å². The molecule has 0 saturated carbocycles. The van der Waals surface area contributed by atoms with Crippen LogP contribution >= 0.6 is 0 Å². The van der Waals surface area contributed by atoms with E-state index < -0.39 is 11.9 Å². The number of H-pyrrole nitrogens is 1. The minimum atomic E-state index is -0.849. The van der Waals surface area contributed by atoms with Gasteiger partial charge in [-0.2, -0.15) is 5.10 Å². The van der Waals surface area contributed by atoms with Crippen molar-refractivity contribution in [2.45, 2.75) is 6.04 Å². The Hall–Kier alpha value is -3.61. The summed E-state index contributed by atoms with van der Waals surface area (Å²) < 4.78 is 5.13. The van der Waals surface area contributed by atoms with Crippen LogP contribution in [0.2, 0.25) is 0 Å². The maximum atomic E-state index is 12.6. The third-order valence-corrected chi connectivity index (χ3v) is 3.38. The maximum absolute atomic E-state index is 12.6. The summed E-state index contributed by atoms with van der Waals surface area (Å²) in [4.78, 5) is 24.8. The topological polar surface area (TPSA) is 100 Å². The summed E-state index contributed by atoms with van der Waals surface area (Å²) in [5.41, 5.74) is 0.666. The van der Waals surface area contributed by atoms with Crippen LogP contribution in [0.25, 0.3) is 6.08 Å². The molecular formula is C18H16N4O3. The van der Waals surface area contributed by atoms with Crippen molar-refractivity contribution in [1.29, 1.82) is 0 Å². The molecule has 1 atom stereocenters. The van der Waals surface area contributed by atoms with E-state index in [1.54, 1.807) is 42.5 Å². The predicted molar refractivity (Wildman–Crippen MR) is 92.3 cm³/mol. The summed E-state index contributed by atoms with van der Waals surface area (Å²) in [7, 11) is 0. The Labute approximate surface area is 143 Å². The Kier molecular flexibility index (Phi) is 5.06. The van der Waals surface area contributed by atoms with Crippen LogP contribution in [0.3, 0.4) is 0 Å². The van der Waals surface area contributed by atoms with Crippen molar-refractivity contribution in [3.63, 3.8) is 0 Å². The number of anilines is 1. The SMILES string of the molecule is O=C(C=Cc1ccco1)NC(C(=O)Nc1ccn[nH]1)c1ccccc1. The van der Waals surface area contributed by atoms with Gasteiger partial charge in [0.05, 0.1) is 12.5 Å². The minimum Gasteiger partial charge on any atom is -0.465 e. The van der Waals surface area contributed by atoms with Gasteiger partial charge in [0.15, 0.2) is 0 Å². The van der Waals surface area contributed by atoms with E-state index in [4.69, 9.17) is 4.42 Å². The predicted octanol–water partition coefficient (Wildman–Crippen LogP) is 2.51. The molecule has 1 unspecified atom stereocenters. The molecule has 0 spiro atoms. The first kappa shape index (κ1) is 16.3. The number of carbonyl (C=O) groups excluding carboxylic acids is 2. The Bertz CT molecular complexity index is 840. The van der Waals surface area contributed by atoms with Crippen molar-refractivity contribution in [2.75, 3.05) is 5.32 Å². The molecular weight excluding hydrogens is 320 g/mol. The van der Waals surface area contributed by atoms with E-state index in [0.717, 1.165) is 0 Å². The first-order valence-electron chi connectivity index (χ1n) is 7.59. The molecule has 7 nitrogen and oxygen atoms in total. The first-order chi connectivity index (χ1) is 12.2. The van der Waals surface area contributed by atoms with Gasteiger partial charge < -0.3 is 15.1 Å². The fourth-order valence-electron chi connectivity index (χ4n) is 2.21. The van der Waals surface area contributed by atoms with Gasteiger partial charge in [0.25, 0.3) is 5.91 Å². The van der Waals surface area contributed by atoms with E-state index in [9.17, 15) is 9.59 Å². The quantitative estimate of drug-likeness (QED) is 0.602. The number of furan rings is 1. The molecule has 2 amide bonds. The van der Waals surface area contributed by atoms with Gasteiger partial charge in [-0.25, -0.2) is 0 Å². The van der Waals surface area contributed by atoms with E-state index >= 15 is 0 Å². The standard InChI is InChI=1S/C18H16N4O3/c23-16(9-8-14-7-4-12-25-14)21-17(13-5-2-1-3-6-13)18(24)20-15-10-11-19-22-15/h1-12,17H,(H,21,23)(H2,19,20,22,24). The van der Waals surface area contributed by atoms with E-state index in [0.29, 0.717) is 17.1 Å². The van der Waals surface area contributed by atoms with Crippen LogP contribution in [0.5, 0.6) is 0 Å². The van der Waals surface area contributed by atoms with Gasteiger partial charge in [-0.1, -0.05) is 30.3 Å². The zero-order valence-corrected chi connectivity index (χ0v) is 13.2. The lowest BCUT2D eigenvalue weighted by Crippen LogP contribution is -2.36. The first-order valence-corrected chi connectivity index (χ1v) is 7.59. The molecule has 126 valence electrons. The number of benzene rings is 1. The molecule has 2 heterocycles. The van der Waals surface area contributed by atoms with Crippen molar-refractivity contribution in [2.24, 2.45) is 0 Å². The molecule has 0 saturated heterocycles. The summed E-state index contributed by atoms with van der Waals surface area (Å²) in [6, 6.07) is 13.2. The molecule has 0 radical (unpaired) electrons.